The van der Waals surface area contributed by atoms with Crippen molar-refractivity contribution in [1.82, 2.24) is 9.47 Å². The molecule has 32 heavy (non-hydrogen) atoms. The van der Waals surface area contributed by atoms with Gasteiger partial charge >= 0.3 is 0 Å². The van der Waals surface area contributed by atoms with Gasteiger partial charge in [-0.3, -0.25) is 14.4 Å². The quantitative estimate of drug-likeness (QED) is 0.477. The van der Waals surface area contributed by atoms with Crippen LogP contribution in [0.15, 0.2) is 54.7 Å². The highest BCUT2D eigenvalue weighted by Crippen LogP contribution is 2.23. The molecule has 0 spiro atoms. The second-order valence-electron chi connectivity index (χ2n) is 8.24. The van der Waals surface area contributed by atoms with Crippen LogP contribution >= 0.6 is 0 Å². The fourth-order valence-corrected chi connectivity index (χ4v) is 3.88. The SMILES string of the molecule is CC(C)c1ccc(NC(=O)C(=O)c2cn(CC(=O)N3CCOCC3)c3ccccc23)cc1. The molecule has 0 radical (unpaired) electrons. The summed E-state index contributed by atoms with van der Waals surface area (Å²) < 4.78 is 7.05. The lowest BCUT2D eigenvalue weighted by atomic mass is 10.0. The molecule has 0 bridgehead atoms. The smallest absolute Gasteiger partial charge is 0.296 e. The molecule has 1 aliphatic heterocycles. The number of carbonyl (C=O) groups excluding carboxylic acids is 3. The minimum absolute atomic E-state index is 0.0391. The van der Waals surface area contributed by atoms with Crippen molar-refractivity contribution in [2.24, 2.45) is 0 Å². The summed E-state index contributed by atoms with van der Waals surface area (Å²) in [5.74, 6) is -0.994. The summed E-state index contributed by atoms with van der Waals surface area (Å²) >= 11 is 0. The number of nitrogens with zero attached hydrogens (tertiary/aromatic N) is 2. The molecule has 1 N–H and O–H groups in total. The van der Waals surface area contributed by atoms with E-state index >= 15 is 0 Å². The number of benzene rings is 2. The number of anilines is 1. The molecule has 2 amide bonds. The number of rotatable bonds is 6. The van der Waals surface area contributed by atoms with Crippen molar-refractivity contribution in [1.29, 1.82) is 0 Å². The van der Waals surface area contributed by atoms with E-state index in [9.17, 15) is 14.4 Å². The van der Waals surface area contributed by atoms with E-state index in [0.717, 1.165) is 11.1 Å². The van der Waals surface area contributed by atoms with Gasteiger partial charge in [0.15, 0.2) is 0 Å². The lowest BCUT2D eigenvalue weighted by Gasteiger charge is -2.27. The number of Topliss-reactive ketones (excluding diaryl/α,β-unsaturated/α-hetero) is 1. The zero-order valence-electron chi connectivity index (χ0n) is 18.3. The van der Waals surface area contributed by atoms with Crippen LogP contribution in [-0.4, -0.2) is 53.4 Å². The van der Waals surface area contributed by atoms with E-state index in [1.807, 2.05) is 30.3 Å². The number of para-hydroxylation sites is 1. The van der Waals surface area contributed by atoms with Crippen molar-refractivity contribution < 1.29 is 19.1 Å². The third-order valence-electron chi connectivity index (χ3n) is 5.74. The summed E-state index contributed by atoms with van der Waals surface area (Å²) in [6, 6.07) is 14.8. The van der Waals surface area contributed by atoms with Gasteiger partial charge in [0.25, 0.3) is 11.7 Å². The highest BCUT2D eigenvalue weighted by Gasteiger charge is 2.24. The number of hydrogen-bond acceptors (Lipinski definition) is 4. The summed E-state index contributed by atoms with van der Waals surface area (Å²) in [5.41, 5.74) is 2.75. The molecular weight excluding hydrogens is 406 g/mol. The molecule has 1 aromatic heterocycles. The fraction of sp³-hybridized carbons (Fsp3) is 0.320. The van der Waals surface area contributed by atoms with Crippen LogP contribution < -0.4 is 5.32 Å². The molecule has 0 saturated carbocycles. The Kier molecular flexibility index (Phi) is 6.37. The summed E-state index contributed by atoms with van der Waals surface area (Å²) in [4.78, 5) is 40.2. The third-order valence-corrected chi connectivity index (χ3v) is 5.74. The van der Waals surface area contributed by atoms with Gasteiger partial charge in [-0.15, -0.1) is 0 Å². The summed E-state index contributed by atoms with van der Waals surface area (Å²) in [5, 5.41) is 3.34. The highest BCUT2D eigenvalue weighted by molar-refractivity contribution is 6.48. The average molecular weight is 434 g/mol. The second-order valence-corrected chi connectivity index (χ2v) is 8.24. The van der Waals surface area contributed by atoms with Crippen molar-refractivity contribution in [3.05, 3.63) is 65.9 Å². The van der Waals surface area contributed by atoms with Gasteiger partial charge in [0.05, 0.1) is 18.8 Å². The van der Waals surface area contributed by atoms with E-state index in [2.05, 4.69) is 19.2 Å². The standard InChI is InChI=1S/C25H27N3O4/c1-17(2)18-7-9-19(10-8-18)26-25(31)24(30)21-15-28(22-6-4-3-5-20(21)22)16-23(29)27-11-13-32-14-12-27/h3-10,15,17H,11-14,16H2,1-2H3,(H,26,31). The number of aromatic nitrogens is 1. The molecule has 7 heteroatoms. The predicted octanol–water partition coefficient (Wildman–Crippen LogP) is 3.44. The summed E-state index contributed by atoms with van der Waals surface area (Å²) in [6.07, 6.45) is 1.60. The predicted molar refractivity (Wildman–Crippen MR) is 123 cm³/mol. The van der Waals surface area contributed by atoms with E-state index in [4.69, 9.17) is 4.74 Å². The topological polar surface area (TPSA) is 80.6 Å². The maximum Gasteiger partial charge on any atom is 0.296 e. The number of carbonyl (C=O) groups is 3. The second kappa shape index (κ2) is 9.36. The van der Waals surface area contributed by atoms with Crippen molar-refractivity contribution >= 4 is 34.2 Å². The molecule has 0 aliphatic carbocycles. The van der Waals surface area contributed by atoms with E-state index in [0.29, 0.717) is 43.3 Å². The van der Waals surface area contributed by atoms with Gasteiger partial charge in [-0.2, -0.15) is 0 Å². The van der Waals surface area contributed by atoms with Gasteiger partial charge in [-0.05, 0) is 29.7 Å². The van der Waals surface area contributed by atoms with Crippen molar-refractivity contribution in [2.45, 2.75) is 26.3 Å². The van der Waals surface area contributed by atoms with Crippen LogP contribution in [0.25, 0.3) is 10.9 Å². The Bertz CT molecular complexity index is 1140. The Morgan fingerprint density at radius 3 is 2.38 bits per heavy atom. The molecule has 2 aromatic carbocycles. The first-order valence-electron chi connectivity index (χ1n) is 10.8. The lowest BCUT2D eigenvalue weighted by molar-refractivity contribution is -0.135. The average Bonchev–Trinajstić information content (AvgIpc) is 3.17. The van der Waals surface area contributed by atoms with E-state index in [1.54, 1.807) is 33.9 Å². The Morgan fingerprint density at radius 1 is 1.00 bits per heavy atom. The Labute approximate surface area is 187 Å². The Balaban J connectivity index is 1.54. The van der Waals surface area contributed by atoms with Crippen LogP contribution in [0.1, 0.15) is 35.7 Å². The maximum atomic E-state index is 13.0. The van der Waals surface area contributed by atoms with Crippen LogP contribution in [0.2, 0.25) is 0 Å². The first-order valence-corrected chi connectivity index (χ1v) is 10.8. The van der Waals surface area contributed by atoms with Crippen LogP contribution in [0.5, 0.6) is 0 Å². The van der Waals surface area contributed by atoms with Gasteiger partial charge in [0, 0.05) is 35.9 Å². The van der Waals surface area contributed by atoms with Crippen LogP contribution in [0.3, 0.4) is 0 Å². The number of nitrogens with one attached hydrogen (secondary N) is 1. The minimum atomic E-state index is -0.704. The number of hydrogen-bond donors (Lipinski definition) is 1. The number of morpholine rings is 1. The number of fused-ring (bicyclic) bond motifs is 1. The van der Waals surface area contributed by atoms with E-state index in [1.165, 1.54) is 0 Å². The minimum Gasteiger partial charge on any atom is -0.378 e. The van der Waals surface area contributed by atoms with Gasteiger partial charge in [-0.1, -0.05) is 44.2 Å². The molecule has 0 atom stereocenters. The molecule has 7 nitrogen and oxygen atoms in total. The first kappa shape index (κ1) is 21.8. The molecule has 2 heterocycles. The van der Waals surface area contributed by atoms with Gasteiger partial charge < -0.3 is 19.5 Å². The lowest BCUT2D eigenvalue weighted by Crippen LogP contribution is -2.42. The molecule has 0 unspecified atom stereocenters. The summed E-state index contributed by atoms with van der Waals surface area (Å²) in [7, 11) is 0. The molecule has 4 rings (SSSR count). The molecule has 1 fully saturated rings. The van der Waals surface area contributed by atoms with Crippen molar-refractivity contribution in [3.8, 4) is 0 Å². The van der Waals surface area contributed by atoms with Gasteiger partial charge in [0.1, 0.15) is 6.54 Å². The Hall–Kier alpha value is -3.45. The van der Waals surface area contributed by atoms with Gasteiger partial charge in [-0.25, -0.2) is 0 Å². The zero-order chi connectivity index (χ0) is 22.7. The van der Waals surface area contributed by atoms with Crippen LogP contribution in [-0.2, 0) is 20.9 Å². The molecule has 166 valence electrons. The van der Waals surface area contributed by atoms with Gasteiger partial charge in [0.2, 0.25) is 5.91 Å². The molecule has 1 aliphatic rings. The molecule has 3 aromatic rings. The fourth-order valence-electron chi connectivity index (χ4n) is 3.88. The zero-order valence-corrected chi connectivity index (χ0v) is 18.3. The van der Waals surface area contributed by atoms with Crippen molar-refractivity contribution in [2.75, 3.05) is 31.6 Å². The normalized spacial score (nSPS) is 14.0. The number of ether oxygens (including phenoxy) is 1. The maximum absolute atomic E-state index is 13.0. The van der Waals surface area contributed by atoms with E-state index in [-0.39, 0.29) is 18.0 Å². The first-order chi connectivity index (χ1) is 15.4. The van der Waals surface area contributed by atoms with Crippen LogP contribution in [0, 0.1) is 0 Å². The molecule has 1 saturated heterocycles. The molecular formula is C25H27N3O4. The van der Waals surface area contributed by atoms with Crippen molar-refractivity contribution in [3.63, 3.8) is 0 Å². The third kappa shape index (κ3) is 4.57. The monoisotopic (exact) mass is 433 g/mol. The largest absolute Gasteiger partial charge is 0.378 e. The van der Waals surface area contributed by atoms with E-state index < -0.39 is 11.7 Å². The summed E-state index contributed by atoms with van der Waals surface area (Å²) in [6.45, 7) is 6.46. The number of amides is 2. The number of ketones is 1. The van der Waals surface area contributed by atoms with Crippen LogP contribution in [0.4, 0.5) is 5.69 Å². The Morgan fingerprint density at radius 2 is 1.69 bits per heavy atom. The highest BCUT2D eigenvalue weighted by atomic mass is 16.5.